The molecule has 0 aliphatic heterocycles. The summed E-state index contributed by atoms with van der Waals surface area (Å²) >= 11 is 0.695. The summed E-state index contributed by atoms with van der Waals surface area (Å²) < 4.78 is 55.2. The van der Waals surface area contributed by atoms with Crippen LogP contribution in [-0.2, 0) is 27.0 Å². The minimum atomic E-state index is -4.36. The number of hydrogen-bond donors (Lipinski definition) is 1. The largest absolute Gasteiger partial charge is 0.304 e. The first-order valence-electron chi connectivity index (χ1n) is 5.30. The van der Waals surface area contributed by atoms with Crippen molar-refractivity contribution in [2.45, 2.75) is 9.24 Å². The first-order valence-corrected chi connectivity index (χ1v) is 9.45. The highest BCUT2D eigenvalue weighted by molar-refractivity contribution is 7.90. The molecule has 0 bridgehead atoms. The van der Waals surface area contributed by atoms with Crippen LogP contribution in [0.2, 0.25) is 0 Å². The first-order chi connectivity index (χ1) is 9.55. The molecule has 2 heterocycles. The van der Waals surface area contributed by atoms with E-state index in [4.69, 9.17) is 4.55 Å². The van der Waals surface area contributed by atoms with Gasteiger partial charge in [-0.1, -0.05) is 0 Å². The Labute approximate surface area is 124 Å². The smallest absolute Gasteiger partial charge is 0.281 e. The number of aryl methyl sites for hydroxylation is 1. The van der Waals surface area contributed by atoms with Crippen molar-refractivity contribution in [2.75, 3.05) is 6.26 Å². The molecule has 0 aromatic carbocycles. The molecule has 0 atom stereocenters. The maximum Gasteiger partial charge on any atom is 0.304 e. The van der Waals surface area contributed by atoms with Crippen molar-refractivity contribution < 1.29 is 21.4 Å². The fourth-order valence-corrected chi connectivity index (χ4v) is 4.49. The fourth-order valence-electron chi connectivity index (χ4n) is 1.79. The van der Waals surface area contributed by atoms with Gasteiger partial charge < -0.3 is 0 Å². The molecule has 21 heavy (non-hydrogen) atoms. The maximum absolute atomic E-state index is 11.7. The Morgan fingerprint density at radius 3 is 2.38 bits per heavy atom. The lowest BCUT2D eigenvalue weighted by Crippen LogP contribution is -2.06. The summed E-state index contributed by atoms with van der Waals surface area (Å²) in [6.07, 6.45) is 0.951. The number of hydrogen-bond acceptors (Lipinski definition) is 7. The Kier molecular flexibility index (Phi) is 3.66. The maximum atomic E-state index is 11.7. The first kappa shape index (κ1) is 15.6. The lowest BCUT2D eigenvalue weighted by molar-refractivity contribution is 0.485. The molecule has 11 heteroatoms. The highest BCUT2D eigenvalue weighted by atomic mass is 32.3. The van der Waals surface area contributed by atoms with Gasteiger partial charge in [0.1, 0.15) is 21.5 Å². The number of rotatable bonds is 3. The molecule has 0 saturated heterocycles. The van der Waals surface area contributed by atoms with E-state index >= 15 is 0 Å². The van der Waals surface area contributed by atoms with E-state index in [0.717, 1.165) is 17.0 Å². The van der Waals surface area contributed by atoms with Crippen LogP contribution in [0.3, 0.4) is 0 Å². The SMILES string of the molecule is Cn1nc(-c2ccc(S(=O)(=O)O)s2)c(C#N)c1S(C)(=O)=O. The summed E-state index contributed by atoms with van der Waals surface area (Å²) in [6, 6.07) is 4.28. The molecular formula is C10H9N3O5S3. The Bertz CT molecular complexity index is 960. The van der Waals surface area contributed by atoms with E-state index in [1.165, 1.54) is 13.1 Å². The summed E-state index contributed by atoms with van der Waals surface area (Å²) in [4.78, 5) is 0.268. The molecule has 0 saturated carbocycles. The van der Waals surface area contributed by atoms with Crippen molar-refractivity contribution in [1.29, 1.82) is 5.26 Å². The average molecular weight is 347 g/mol. The molecule has 2 aromatic rings. The zero-order chi connectivity index (χ0) is 16.0. The van der Waals surface area contributed by atoms with E-state index in [0.29, 0.717) is 11.3 Å². The van der Waals surface area contributed by atoms with Gasteiger partial charge >= 0.3 is 10.1 Å². The highest BCUT2D eigenvalue weighted by Gasteiger charge is 2.26. The lowest BCUT2D eigenvalue weighted by atomic mass is 10.2. The van der Waals surface area contributed by atoms with Gasteiger partial charge in [-0.2, -0.15) is 18.8 Å². The number of nitrogens with zero attached hydrogens (tertiary/aromatic N) is 3. The standard InChI is InChI=1S/C10H9N3O5S3/c1-13-10(20(2,14)15)6(5-11)9(12-13)7-3-4-8(19-7)21(16,17)18/h3-4H,1-2H3,(H,16,17,18). The average Bonchev–Trinajstić information content (AvgIpc) is 2.90. The lowest BCUT2D eigenvalue weighted by Gasteiger charge is -1.97. The van der Waals surface area contributed by atoms with E-state index in [1.54, 1.807) is 6.07 Å². The van der Waals surface area contributed by atoms with Crippen molar-refractivity contribution in [3.05, 3.63) is 17.7 Å². The van der Waals surface area contributed by atoms with E-state index in [-0.39, 0.29) is 25.4 Å². The predicted octanol–water partition coefficient (Wildman–Crippen LogP) is 0.670. The van der Waals surface area contributed by atoms with Crippen LogP contribution in [-0.4, -0.2) is 37.4 Å². The van der Waals surface area contributed by atoms with E-state index < -0.39 is 20.0 Å². The predicted molar refractivity (Wildman–Crippen MR) is 74.2 cm³/mol. The molecule has 0 aliphatic carbocycles. The summed E-state index contributed by atoms with van der Waals surface area (Å²) in [5.41, 5.74) is -0.107. The third-order valence-electron chi connectivity index (χ3n) is 2.53. The number of nitriles is 1. The fraction of sp³-hybridized carbons (Fsp3) is 0.200. The molecule has 2 rings (SSSR count). The van der Waals surface area contributed by atoms with Gasteiger partial charge in [0.25, 0.3) is 0 Å². The van der Waals surface area contributed by atoms with E-state index in [1.807, 2.05) is 0 Å². The third kappa shape index (κ3) is 2.84. The van der Waals surface area contributed by atoms with Crippen molar-refractivity contribution in [2.24, 2.45) is 7.05 Å². The Morgan fingerprint density at radius 2 is 1.95 bits per heavy atom. The quantitative estimate of drug-likeness (QED) is 0.807. The summed E-state index contributed by atoms with van der Waals surface area (Å²) in [6.45, 7) is 0. The highest BCUT2D eigenvalue weighted by Crippen LogP contribution is 2.34. The molecule has 2 aromatic heterocycles. The second-order valence-corrected chi connectivity index (χ2v) is 8.79. The number of sulfone groups is 1. The minimum absolute atomic E-state index is 0.0559. The van der Waals surface area contributed by atoms with Crippen LogP contribution in [0.1, 0.15) is 5.56 Å². The van der Waals surface area contributed by atoms with Gasteiger partial charge in [0.15, 0.2) is 14.9 Å². The molecule has 0 fully saturated rings. The van der Waals surface area contributed by atoms with Crippen molar-refractivity contribution in [1.82, 2.24) is 9.78 Å². The van der Waals surface area contributed by atoms with E-state index in [2.05, 4.69) is 5.10 Å². The van der Waals surface area contributed by atoms with Crippen LogP contribution in [0.5, 0.6) is 0 Å². The van der Waals surface area contributed by atoms with Crippen LogP contribution in [0.25, 0.3) is 10.6 Å². The monoisotopic (exact) mass is 347 g/mol. The van der Waals surface area contributed by atoms with Gasteiger partial charge in [-0.3, -0.25) is 9.23 Å². The Hall–Kier alpha value is -1.74. The third-order valence-corrected chi connectivity index (χ3v) is 6.11. The van der Waals surface area contributed by atoms with E-state index in [9.17, 15) is 22.1 Å². The molecule has 112 valence electrons. The Balaban J connectivity index is 2.73. The number of thiophene rings is 1. The van der Waals surface area contributed by atoms with Gasteiger partial charge in [-0.25, -0.2) is 8.42 Å². The molecule has 0 aliphatic rings. The normalized spacial score (nSPS) is 12.3. The Morgan fingerprint density at radius 1 is 1.33 bits per heavy atom. The van der Waals surface area contributed by atoms with Gasteiger partial charge in [-0.05, 0) is 12.1 Å². The summed E-state index contributed by atoms with van der Waals surface area (Å²) in [7, 11) is -6.66. The molecule has 0 radical (unpaired) electrons. The molecule has 8 nitrogen and oxygen atoms in total. The van der Waals surface area contributed by atoms with Crippen molar-refractivity contribution in [3.63, 3.8) is 0 Å². The van der Waals surface area contributed by atoms with Crippen molar-refractivity contribution >= 4 is 31.3 Å². The molecule has 1 N–H and O–H groups in total. The van der Waals surface area contributed by atoms with Crippen LogP contribution < -0.4 is 0 Å². The van der Waals surface area contributed by atoms with Gasteiger partial charge in [0.05, 0.1) is 4.88 Å². The minimum Gasteiger partial charge on any atom is -0.281 e. The van der Waals surface area contributed by atoms with Gasteiger partial charge in [0, 0.05) is 13.3 Å². The molecule has 0 spiro atoms. The zero-order valence-corrected chi connectivity index (χ0v) is 13.3. The molecular weight excluding hydrogens is 338 g/mol. The number of aromatic nitrogens is 2. The van der Waals surface area contributed by atoms with Crippen LogP contribution in [0, 0.1) is 11.3 Å². The molecule has 0 unspecified atom stereocenters. The van der Waals surface area contributed by atoms with Crippen LogP contribution in [0.15, 0.2) is 21.4 Å². The summed E-state index contributed by atoms with van der Waals surface area (Å²) in [5, 5.41) is 12.9. The topological polar surface area (TPSA) is 130 Å². The summed E-state index contributed by atoms with van der Waals surface area (Å²) in [5.74, 6) is 0. The van der Waals surface area contributed by atoms with Crippen LogP contribution >= 0.6 is 11.3 Å². The van der Waals surface area contributed by atoms with Gasteiger partial charge in [0.2, 0.25) is 0 Å². The zero-order valence-electron chi connectivity index (χ0n) is 10.8. The second-order valence-electron chi connectivity index (χ2n) is 4.13. The second kappa shape index (κ2) is 4.92. The van der Waals surface area contributed by atoms with Crippen molar-refractivity contribution in [3.8, 4) is 16.6 Å². The molecule has 0 amide bonds. The van der Waals surface area contributed by atoms with Crippen LogP contribution in [0.4, 0.5) is 0 Å². The van der Waals surface area contributed by atoms with Gasteiger partial charge in [-0.15, -0.1) is 11.3 Å².